The highest BCUT2D eigenvalue weighted by Gasteiger charge is 2.12. The van der Waals surface area contributed by atoms with Gasteiger partial charge in [-0.2, -0.15) is 0 Å². The molecule has 1 unspecified atom stereocenters. The van der Waals surface area contributed by atoms with E-state index in [0.29, 0.717) is 11.6 Å². The molecule has 1 N–H and O–H groups in total. The van der Waals surface area contributed by atoms with Crippen LogP contribution in [0.2, 0.25) is 0 Å². The minimum absolute atomic E-state index is 0.136. The Hall–Kier alpha value is -0.640. The highest BCUT2D eigenvalue weighted by Crippen LogP contribution is 2.24. The molecule has 0 aromatic heterocycles. The van der Waals surface area contributed by atoms with Crippen LogP contribution in [0.5, 0.6) is 0 Å². The fourth-order valence-electron chi connectivity index (χ4n) is 1.05. The molecule has 1 aromatic carbocycles. The number of hydrogen-bond donors (Lipinski definition) is 1. The van der Waals surface area contributed by atoms with Crippen LogP contribution in [0.15, 0.2) is 16.6 Å². The third-order valence-electron chi connectivity index (χ3n) is 2.39. The number of nitrogens with one attached hydrogen (secondary N) is 1. The molecule has 0 saturated carbocycles. The van der Waals surface area contributed by atoms with E-state index in [0.717, 1.165) is 6.07 Å². The van der Waals surface area contributed by atoms with Crippen molar-refractivity contribution in [3.05, 3.63) is 28.2 Å². The molecule has 0 fully saturated rings. The molecular formula is C11H14BrF2N. The minimum Gasteiger partial charge on any atom is -0.380 e. The molecule has 0 aliphatic carbocycles. The summed E-state index contributed by atoms with van der Waals surface area (Å²) < 4.78 is 26.5. The molecule has 0 amide bonds. The van der Waals surface area contributed by atoms with Crippen LogP contribution >= 0.6 is 15.9 Å². The molecule has 1 nitrogen and oxygen atoms in total. The van der Waals surface area contributed by atoms with E-state index in [1.54, 1.807) is 0 Å². The van der Waals surface area contributed by atoms with Gasteiger partial charge in [0.05, 0.1) is 10.2 Å². The second kappa shape index (κ2) is 4.92. The van der Waals surface area contributed by atoms with Crippen molar-refractivity contribution in [2.45, 2.75) is 26.8 Å². The van der Waals surface area contributed by atoms with E-state index in [1.807, 2.05) is 20.8 Å². The molecule has 0 aliphatic heterocycles. The summed E-state index contributed by atoms with van der Waals surface area (Å²) in [6.07, 6.45) is 0. The molecule has 0 saturated heterocycles. The van der Waals surface area contributed by atoms with Crippen LogP contribution in [0.4, 0.5) is 14.5 Å². The van der Waals surface area contributed by atoms with Crippen molar-refractivity contribution in [2.24, 2.45) is 5.92 Å². The Morgan fingerprint density at radius 1 is 1.13 bits per heavy atom. The predicted molar refractivity (Wildman–Crippen MR) is 62.0 cm³/mol. The summed E-state index contributed by atoms with van der Waals surface area (Å²) in [6, 6.07) is 2.43. The van der Waals surface area contributed by atoms with Crippen LogP contribution in [0.25, 0.3) is 0 Å². The van der Waals surface area contributed by atoms with Crippen molar-refractivity contribution >= 4 is 21.6 Å². The van der Waals surface area contributed by atoms with Crippen molar-refractivity contribution in [1.82, 2.24) is 0 Å². The fourth-order valence-corrected chi connectivity index (χ4v) is 1.39. The summed E-state index contributed by atoms with van der Waals surface area (Å²) in [5.74, 6) is -0.772. The Balaban J connectivity index is 2.91. The second-order valence-electron chi connectivity index (χ2n) is 3.92. The number of benzene rings is 1. The Kier molecular flexibility index (Phi) is 4.08. The maximum absolute atomic E-state index is 13.3. The topological polar surface area (TPSA) is 12.0 Å². The Bertz CT molecular complexity index is 353. The molecule has 1 atom stereocenters. The fraction of sp³-hybridized carbons (Fsp3) is 0.455. The van der Waals surface area contributed by atoms with Crippen LogP contribution in [0.3, 0.4) is 0 Å². The lowest BCUT2D eigenvalue weighted by Crippen LogP contribution is -2.22. The summed E-state index contributed by atoms with van der Waals surface area (Å²) in [7, 11) is 0. The van der Waals surface area contributed by atoms with Gasteiger partial charge in [0.15, 0.2) is 0 Å². The van der Waals surface area contributed by atoms with E-state index >= 15 is 0 Å². The molecule has 1 rings (SSSR count). The van der Waals surface area contributed by atoms with Gasteiger partial charge < -0.3 is 5.32 Å². The van der Waals surface area contributed by atoms with Gasteiger partial charge in [0.1, 0.15) is 11.6 Å². The average molecular weight is 278 g/mol. The first-order valence-corrected chi connectivity index (χ1v) is 5.62. The quantitative estimate of drug-likeness (QED) is 0.818. The molecule has 0 spiro atoms. The van der Waals surface area contributed by atoms with Crippen molar-refractivity contribution in [2.75, 3.05) is 5.32 Å². The van der Waals surface area contributed by atoms with Crippen molar-refractivity contribution < 1.29 is 8.78 Å². The summed E-state index contributed by atoms with van der Waals surface area (Å²) >= 11 is 3.03. The Labute approximate surface area is 97.0 Å². The predicted octanol–water partition coefficient (Wildman–Crippen LogP) is 4.18. The van der Waals surface area contributed by atoms with Crippen molar-refractivity contribution in [3.8, 4) is 0 Å². The van der Waals surface area contributed by atoms with E-state index in [9.17, 15) is 8.78 Å². The molecular weight excluding hydrogens is 264 g/mol. The highest BCUT2D eigenvalue weighted by molar-refractivity contribution is 9.10. The van der Waals surface area contributed by atoms with Crippen LogP contribution in [-0.4, -0.2) is 6.04 Å². The van der Waals surface area contributed by atoms with Gasteiger partial charge in [0, 0.05) is 12.1 Å². The maximum Gasteiger partial charge on any atom is 0.149 e. The van der Waals surface area contributed by atoms with E-state index in [2.05, 4.69) is 21.2 Å². The van der Waals surface area contributed by atoms with E-state index in [1.165, 1.54) is 6.07 Å². The van der Waals surface area contributed by atoms with Crippen molar-refractivity contribution in [1.29, 1.82) is 0 Å². The Morgan fingerprint density at radius 2 is 1.73 bits per heavy atom. The maximum atomic E-state index is 13.3. The van der Waals surface area contributed by atoms with Crippen molar-refractivity contribution in [3.63, 3.8) is 0 Å². The molecule has 84 valence electrons. The van der Waals surface area contributed by atoms with Crippen LogP contribution in [0, 0.1) is 17.6 Å². The van der Waals surface area contributed by atoms with Gasteiger partial charge in [-0.05, 0) is 34.8 Å². The molecule has 15 heavy (non-hydrogen) atoms. The SMILES string of the molecule is CC(C)C(C)Nc1cc(Br)c(F)cc1F. The first-order valence-electron chi connectivity index (χ1n) is 4.83. The third-order valence-corrected chi connectivity index (χ3v) is 3.00. The van der Waals surface area contributed by atoms with Gasteiger partial charge in [-0.1, -0.05) is 13.8 Å². The van der Waals surface area contributed by atoms with Gasteiger partial charge in [0.25, 0.3) is 0 Å². The lowest BCUT2D eigenvalue weighted by atomic mass is 10.1. The summed E-state index contributed by atoms with van der Waals surface area (Å²) in [5.41, 5.74) is 0.324. The first kappa shape index (κ1) is 12.4. The van der Waals surface area contributed by atoms with E-state index in [-0.39, 0.29) is 10.5 Å². The number of hydrogen-bond acceptors (Lipinski definition) is 1. The molecule has 4 heteroatoms. The zero-order valence-corrected chi connectivity index (χ0v) is 10.5. The summed E-state index contributed by atoms with van der Waals surface area (Å²) in [4.78, 5) is 0. The van der Waals surface area contributed by atoms with Gasteiger partial charge >= 0.3 is 0 Å². The third kappa shape index (κ3) is 3.16. The van der Waals surface area contributed by atoms with Gasteiger partial charge in [-0.15, -0.1) is 0 Å². The standard InChI is InChI=1S/C11H14BrF2N/c1-6(2)7(3)15-11-4-8(12)9(13)5-10(11)14/h4-7,15H,1-3H3. The van der Waals surface area contributed by atoms with E-state index in [4.69, 9.17) is 0 Å². The lowest BCUT2D eigenvalue weighted by molar-refractivity contribution is 0.547. The normalized spacial score (nSPS) is 13.0. The zero-order valence-electron chi connectivity index (χ0n) is 8.94. The summed E-state index contributed by atoms with van der Waals surface area (Å²) in [6.45, 7) is 6.03. The number of halogens is 3. The summed E-state index contributed by atoms with van der Waals surface area (Å²) in [5, 5.41) is 3.01. The largest absolute Gasteiger partial charge is 0.380 e. The van der Waals surface area contributed by atoms with Gasteiger partial charge in [0.2, 0.25) is 0 Å². The smallest absolute Gasteiger partial charge is 0.149 e. The molecule has 1 aromatic rings. The highest BCUT2D eigenvalue weighted by atomic mass is 79.9. The number of anilines is 1. The van der Waals surface area contributed by atoms with Gasteiger partial charge in [-0.25, -0.2) is 8.78 Å². The van der Waals surface area contributed by atoms with Crippen LogP contribution in [0.1, 0.15) is 20.8 Å². The first-order chi connectivity index (χ1) is 6.91. The second-order valence-corrected chi connectivity index (χ2v) is 4.78. The zero-order chi connectivity index (χ0) is 11.6. The molecule has 0 radical (unpaired) electrons. The average Bonchev–Trinajstić information content (AvgIpc) is 2.13. The van der Waals surface area contributed by atoms with Crippen LogP contribution in [-0.2, 0) is 0 Å². The van der Waals surface area contributed by atoms with E-state index < -0.39 is 11.6 Å². The Morgan fingerprint density at radius 3 is 2.27 bits per heavy atom. The molecule has 0 aliphatic rings. The van der Waals surface area contributed by atoms with Gasteiger partial charge in [-0.3, -0.25) is 0 Å². The number of rotatable bonds is 3. The molecule has 0 heterocycles. The minimum atomic E-state index is -0.588. The molecule has 0 bridgehead atoms. The van der Waals surface area contributed by atoms with Crippen LogP contribution < -0.4 is 5.32 Å². The monoisotopic (exact) mass is 277 g/mol. The lowest BCUT2D eigenvalue weighted by Gasteiger charge is -2.19.